The monoisotopic (exact) mass is 500 g/mol. The summed E-state index contributed by atoms with van der Waals surface area (Å²) in [4.78, 5) is 35.2. The maximum absolute atomic E-state index is 13.4. The number of thiophene rings is 1. The number of benzene rings is 1. The fourth-order valence-electron chi connectivity index (χ4n) is 4.38. The molecule has 7 nitrogen and oxygen atoms in total. The lowest BCUT2D eigenvalue weighted by Gasteiger charge is -2.25. The fourth-order valence-corrected chi connectivity index (χ4v) is 6.53. The zero-order chi connectivity index (χ0) is 24.1. The van der Waals surface area contributed by atoms with Crippen molar-refractivity contribution in [1.29, 1.82) is 0 Å². The van der Waals surface area contributed by atoms with E-state index in [1.54, 1.807) is 23.0 Å². The van der Waals surface area contributed by atoms with Crippen molar-refractivity contribution in [3.63, 3.8) is 0 Å². The summed E-state index contributed by atoms with van der Waals surface area (Å²) in [6.07, 6.45) is 4.24. The van der Waals surface area contributed by atoms with Gasteiger partial charge in [-0.15, -0.1) is 11.3 Å². The number of amides is 1. The number of carbonyl (C=O) groups excluding carboxylic acids is 1. The van der Waals surface area contributed by atoms with Gasteiger partial charge in [-0.05, 0) is 50.9 Å². The number of carbonyl (C=O) groups is 1. The van der Waals surface area contributed by atoms with Gasteiger partial charge in [-0.3, -0.25) is 14.2 Å². The number of rotatable bonds is 10. The topological polar surface area (TPSA) is 76.5 Å². The van der Waals surface area contributed by atoms with Crippen molar-refractivity contribution >= 4 is 39.2 Å². The first-order chi connectivity index (χ1) is 16.5. The molecule has 0 saturated carbocycles. The minimum Gasteiger partial charge on any atom is -0.383 e. The Hall–Kier alpha value is -2.20. The summed E-state index contributed by atoms with van der Waals surface area (Å²) >= 11 is 2.95. The quantitative estimate of drug-likeness (QED) is 0.339. The number of methoxy groups -OCH3 is 1. The van der Waals surface area contributed by atoms with Crippen LogP contribution in [-0.2, 0) is 28.9 Å². The Balaban J connectivity index is 1.49. The van der Waals surface area contributed by atoms with Gasteiger partial charge in [-0.25, -0.2) is 4.98 Å². The molecule has 1 amide bonds. The van der Waals surface area contributed by atoms with Gasteiger partial charge < -0.3 is 15.0 Å². The lowest BCUT2D eigenvalue weighted by atomic mass is 9.97. The molecule has 0 saturated heterocycles. The summed E-state index contributed by atoms with van der Waals surface area (Å²) in [5.41, 5.74) is 2.32. The van der Waals surface area contributed by atoms with E-state index in [2.05, 4.69) is 22.3 Å². The number of hydrogen-bond donors (Lipinski definition) is 1. The van der Waals surface area contributed by atoms with Crippen LogP contribution >= 0.6 is 23.1 Å². The zero-order valence-corrected chi connectivity index (χ0v) is 21.6. The number of ether oxygens (including phenoxy) is 1. The molecule has 1 aliphatic rings. The molecule has 2 heterocycles. The lowest BCUT2D eigenvalue weighted by Crippen LogP contribution is -2.35. The molecular formula is C25H32N4O3S2. The van der Waals surface area contributed by atoms with Gasteiger partial charge in [0.25, 0.3) is 5.56 Å². The van der Waals surface area contributed by atoms with Crippen LogP contribution in [0.4, 0.5) is 0 Å². The van der Waals surface area contributed by atoms with Gasteiger partial charge in [-0.2, -0.15) is 0 Å². The molecule has 1 aromatic carbocycles. The van der Waals surface area contributed by atoms with Crippen LogP contribution in [0.5, 0.6) is 0 Å². The maximum atomic E-state index is 13.4. The molecule has 2 aromatic heterocycles. The second kappa shape index (κ2) is 11.5. The van der Waals surface area contributed by atoms with Crippen LogP contribution in [0.25, 0.3) is 10.2 Å². The highest BCUT2D eigenvalue weighted by molar-refractivity contribution is 7.99. The molecule has 182 valence electrons. The third kappa shape index (κ3) is 5.54. The molecular weight excluding hydrogens is 468 g/mol. The van der Waals surface area contributed by atoms with Crippen LogP contribution < -0.4 is 10.9 Å². The number of thioether (sulfide) groups is 1. The van der Waals surface area contributed by atoms with E-state index < -0.39 is 0 Å². The molecule has 1 atom stereocenters. The summed E-state index contributed by atoms with van der Waals surface area (Å²) < 4.78 is 6.92. The van der Waals surface area contributed by atoms with E-state index in [1.165, 1.54) is 22.2 Å². The van der Waals surface area contributed by atoms with E-state index in [0.29, 0.717) is 24.9 Å². The van der Waals surface area contributed by atoms with Crippen LogP contribution in [0.1, 0.15) is 34.9 Å². The number of fused-ring (bicyclic) bond motifs is 3. The van der Waals surface area contributed by atoms with E-state index in [9.17, 15) is 9.59 Å². The van der Waals surface area contributed by atoms with Gasteiger partial charge in [0.05, 0.1) is 30.3 Å². The highest BCUT2D eigenvalue weighted by Crippen LogP contribution is 2.34. The van der Waals surface area contributed by atoms with Crippen molar-refractivity contribution in [1.82, 2.24) is 19.8 Å². The van der Waals surface area contributed by atoms with Gasteiger partial charge in [0.15, 0.2) is 5.16 Å². The molecule has 0 spiro atoms. The number of likely N-dealkylation sites (N-methyl/N-ethyl adjacent to an activating group) is 1. The van der Waals surface area contributed by atoms with Gasteiger partial charge in [-0.1, -0.05) is 42.1 Å². The molecule has 0 radical (unpaired) electrons. The van der Waals surface area contributed by atoms with Gasteiger partial charge in [0.2, 0.25) is 5.91 Å². The normalized spacial score (nSPS) is 14.4. The van der Waals surface area contributed by atoms with Crippen molar-refractivity contribution < 1.29 is 9.53 Å². The fraction of sp³-hybridized carbons (Fsp3) is 0.480. The molecule has 0 fully saturated rings. The SMILES string of the molecule is COCCn1c(SCC(=O)NCC(c2ccccc2)N(C)C)nc2sc3c(c2c1=O)CCCC3. The van der Waals surface area contributed by atoms with Crippen LogP contribution in [-0.4, -0.2) is 60.5 Å². The van der Waals surface area contributed by atoms with Crippen LogP contribution in [0, 0.1) is 0 Å². The zero-order valence-electron chi connectivity index (χ0n) is 20.0. The second-order valence-corrected chi connectivity index (χ2v) is 10.7. The first-order valence-electron chi connectivity index (χ1n) is 11.6. The number of aromatic nitrogens is 2. The molecule has 1 N–H and O–H groups in total. The van der Waals surface area contributed by atoms with Crippen molar-refractivity contribution in [3.8, 4) is 0 Å². The highest BCUT2D eigenvalue weighted by Gasteiger charge is 2.23. The van der Waals surface area contributed by atoms with Crippen LogP contribution in [0.2, 0.25) is 0 Å². The Labute approximate surface area is 208 Å². The van der Waals surface area contributed by atoms with E-state index in [4.69, 9.17) is 9.72 Å². The van der Waals surface area contributed by atoms with Crippen LogP contribution in [0.15, 0.2) is 40.3 Å². The summed E-state index contributed by atoms with van der Waals surface area (Å²) in [5, 5.41) is 4.39. The number of hydrogen-bond acceptors (Lipinski definition) is 7. The molecule has 4 rings (SSSR count). The Morgan fingerprint density at radius 2 is 2.03 bits per heavy atom. The van der Waals surface area contributed by atoms with Gasteiger partial charge in [0, 0.05) is 18.5 Å². The van der Waals surface area contributed by atoms with Crippen molar-refractivity contribution in [3.05, 3.63) is 56.7 Å². The second-order valence-electron chi connectivity index (χ2n) is 8.72. The molecule has 1 aliphatic carbocycles. The van der Waals surface area contributed by atoms with Gasteiger partial charge in [0.1, 0.15) is 4.83 Å². The molecule has 1 unspecified atom stereocenters. The largest absolute Gasteiger partial charge is 0.383 e. The first-order valence-corrected chi connectivity index (χ1v) is 13.4. The molecule has 0 bridgehead atoms. The lowest BCUT2D eigenvalue weighted by molar-refractivity contribution is -0.118. The average molecular weight is 501 g/mol. The molecule has 34 heavy (non-hydrogen) atoms. The minimum absolute atomic E-state index is 0.0129. The maximum Gasteiger partial charge on any atom is 0.263 e. The number of nitrogens with zero attached hydrogens (tertiary/aromatic N) is 3. The third-order valence-electron chi connectivity index (χ3n) is 6.19. The smallest absolute Gasteiger partial charge is 0.263 e. The first kappa shape index (κ1) is 24.9. The summed E-state index contributed by atoms with van der Waals surface area (Å²) in [6.45, 7) is 1.35. The van der Waals surface area contributed by atoms with E-state index in [1.807, 2.05) is 32.3 Å². The van der Waals surface area contributed by atoms with Crippen molar-refractivity contribution in [2.45, 2.75) is 43.4 Å². The molecule has 0 aliphatic heterocycles. The average Bonchev–Trinajstić information content (AvgIpc) is 3.21. The van der Waals surface area contributed by atoms with Crippen molar-refractivity contribution in [2.24, 2.45) is 0 Å². The van der Waals surface area contributed by atoms with E-state index in [0.717, 1.165) is 41.5 Å². The summed E-state index contributed by atoms with van der Waals surface area (Å²) in [6, 6.07) is 10.2. The standard InChI is InChI=1S/C25H32N4O3S2/c1-28(2)19(17-9-5-4-6-10-17)15-26-21(30)16-33-25-27-23-22(24(31)29(25)13-14-32-3)18-11-7-8-12-20(18)34-23/h4-6,9-10,19H,7-8,11-16H2,1-3H3,(H,26,30). The Bertz CT molecular complexity index is 1190. The van der Waals surface area contributed by atoms with Gasteiger partial charge >= 0.3 is 0 Å². The molecule has 3 aromatic rings. The summed E-state index contributed by atoms with van der Waals surface area (Å²) in [5.74, 6) is 0.121. The number of aryl methyl sites for hydroxylation is 2. The Morgan fingerprint density at radius 3 is 2.76 bits per heavy atom. The highest BCUT2D eigenvalue weighted by atomic mass is 32.2. The van der Waals surface area contributed by atoms with E-state index in [-0.39, 0.29) is 23.3 Å². The minimum atomic E-state index is -0.0779. The predicted octanol–water partition coefficient (Wildman–Crippen LogP) is 3.49. The molecule has 9 heteroatoms. The predicted molar refractivity (Wildman–Crippen MR) is 139 cm³/mol. The Morgan fingerprint density at radius 1 is 1.26 bits per heavy atom. The number of nitrogens with one attached hydrogen (secondary N) is 1. The summed E-state index contributed by atoms with van der Waals surface area (Å²) in [7, 11) is 5.64. The Kier molecular flexibility index (Phi) is 8.41. The van der Waals surface area contributed by atoms with Crippen molar-refractivity contribution in [2.75, 3.05) is 40.1 Å². The van der Waals surface area contributed by atoms with E-state index >= 15 is 0 Å². The van der Waals surface area contributed by atoms with Crippen LogP contribution in [0.3, 0.4) is 0 Å². The third-order valence-corrected chi connectivity index (χ3v) is 8.35.